The second-order valence-electron chi connectivity index (χ2n) is 3.73. The molecule has 19 heavy (non-hydrogen) atoms. The van der Waals surface area contributed by atoms with Gasteiger partial charge in [0.1, 0.15) is 18.6 Å². The van der Waals surface area contributed by atoms with E-state index in [1.54, 1.807) is 25.2 Å². The Morgan fingerprint density at radius 1 is 1.47 bits per heavy atom. The maximum absolute atomic E-state index is 10.6. The van der Waals surface area contributed by atoms with Gasteiger partial charge in [-0.1, -0.05) is 28.2 Å². The van der Waals surface area contributed by atoms with Crippen LogP contribution in [0.25, 0.3) is 0 Å². The molecule has 0 unspecified atom stereocenters. The monoisotopic (exact) mass is 301 g/mol. The molecule has 2 rings (SSSR count). The number of nitrogens with zero attached hydrogens (tertiary/aromatic N) is 3. The lowest BCUT2D eigenvalue weighted by Crippen LogP contribution is -2.05. The Morgan fingerprint density at radius 3 is 2.79 bits per heavy atom. The lowest BCUT2D eigenvalue weighted by molar-refractivity contribution is -0.396. The van der Waals surface area contributed by atoms with Crippen LogP contribution in [0.2, 0.25) is 10.0 Å². The Kier molecular flexibility index (Phi) is 3.92. The third-order valence-corrected chi connectivity index (χ3v) is 3.02. The third kappa shape index (κ3) is 2.97. The summed E-state index contributed by atoms with van der Waals surface area (Å²) in [7, 11) is 1.55. The van der Waals surface area contributed by atoms with E-state index >= 15 is 0 Å². The highest BCUT2D eigenvalue weighted by Gasteiger charge is 2.17. The zero-order chi connectivity index (χ0) is 14.0. The molecule has 0 saturated carbocycles. The SMILES string of the molecule is Cn1c(COc2ccc(Cl)cc2Cl)cnc1[N+](=O)[O-]. The number of rotatable bonds is 4. The highest BCUT2D eigenvalue weighted by atomic mass is 35.5. The van der Waals surface area contributed by atoms with Crippen molar-refractivity contribution in [1.29, 1.82) is 0 Å². The van der Waals surface area contributed by atoms with Crippen molar-refractivity contribution >= 4 is 29.2 Å². The summed E-state index contributed by atoms with van der Waals surface area (Å²) in [6.45, 7) is 0.124. The first-order valence-electron chi connectivity index (χ1n) is 5.22. The van der Waals surface area contributed by atoms with E-state index in [2.05, 4.69) is 4.98 Å². The predicted octanol–water partition coefficient (Wildman–Crippen LogP) is 3.21. The minimum atomic E-state index is -0.557. The molecule has 0 bridgehead atoms. The molecule has 0 spiro atoms. The lowest BCUT2D eigenvalue weighted by atomic mass is 10.3. The van der Waals surface area contributed by atoms with Crippen LogP contribution in [0, 0.1) is 10.1 Å². The summed E-state index contributed by atoms with van der Waals surface area (Å²) in [5.41, 5.74) is 0.567. The van der Waals surface area contributed by atoms with Crippen LogP contribution >= 0.6 is 23.2 Å². The Morgan fingerprint density at radius 2 is 2.21 bits per heavy atom. The molecule has 0 amide bonds. The van der Waals surface area contributed by atoms with Gasteiger partial charge in [-0.15, -0.1) is 0 Å². The van der Waals surface area contributed by atoms with Gasteiger partial charge in [-0.2, -0.15) is 0 Å². The van der Waals surface area contributed by atoms with Gasteiger partial charge in [0.05, 0.1) is 12.1 Å². The molecular weight excluding hydrogens is 293 g/mol. The number of hydrogen-bond acceptors (Lipinski definition) is 4. The number of ether oxygens (including phenoxy) is 1. The van der Waals surface area contributed by atoms with Gasteiger partial charge in [0.2, 0.25) is 0 Å². The minimum Gasteiger partial charge on any atom is -0.484 e. The highest BCUT2D eigenvalue weighted by molar-refractivity contribution is 6.35. The van der Waals surface area contributed by atoms with E-state index in [0.717, 1.165) is 0 Å². The summed E-state index contributed by atoms with van der Waals surface area (Å²) in [5.74, 6) is 0.218. The van der Waals surface area contributed by atoms with Crippen molar-refractivity contribution in [2.24, 2.45) is 7.05 Å². The number of halogens is 2. The Hall–Kier alpha value is -1.79. The largest absolute Gasteiger partial charge is 0.484 e. The van der Waals surface area contributed by atoms with Crippen molar-refractivity contribution in [3.8, 4) is 5.75 Å². The van der Waals surface area contributed by atoms with Gasteiger partial charge < -0.3 is 14.9 Å². The maximum Gasteiger partial charge on any atom is 0.434 e. The molecule has 0 N–H and O–H groups in total. The summed E-state index contributed by atoms with van der Waals surface area (Å²) in [6.07, 6.45) is 1.39. The van der Waals surface area contributed by atoms with Crippen LogP contribution in [0.1, 0.15) is 5.69 Å². The van der Waals surface area contributed by atoms with Gasteiger partial charge in [0.25, 0.3) is 0 Å². The summed E-state index contributed by atoms with van der Waals surface area (Å²) in [5, 5.41) is 11.5. The van der Waals surface area contributed by atoms with Crippen LogP contribution in [0.3, 0.4) is 0 Å². The second kappa shape index (κ2) is 5.46. The van der Waals surface area contributed by atoms with Crippen LogP contribution < -0.4 is 4.74 Å². The average Bonchev–Trinajstić information content (AvgIpc) is 2.70. The Labute approximate surface area is 118 Å². The van der Waals surface area contributed by atoms with Crippen LogP contribution in [-0.4, -0.2) is 14.5 Å². The van der Waals surface area contributed by atoms with Gasteiger partial charge >= 0.3 is 5.95 Å². The molecule has 1 aromatic heterocycles. The molecule has 2 aromatic rings. The minimum absolute atomic E-state index is 0.124. The number of aromatic nitrogens is 2. The summed E-state index contributed by atoms with van der Waals surface area (Å²) in [4.78, 5) is 13.8. The van der Waals surface area contributed by atoms with Gasteiger partial charge in [0, 0.05) is 5.02 Å². The maximum atomic E-state index is 10.6. The zero-order valence-corrected chi connectivity index (χ0v) is 11.4. The molecule has 6 nitrogen and oxygen atoms in total. The molecule has 0 aliphatic heterocycles. The second-order valence-corrected chi connectivity index (χ2v) is 4.57. The van der Waals surface area contributed by atoms with E-state index in [-0.39, 0.29) is 12.6 Å². The third-order valence-electron chi connectivity index (χ3n) is 2.49. The lowest BCUT2D eigenvalue weighted by Gasteiger charge is -2.07. The van der Waals surface area contributed by atoms with Crippen molar-refractivity contribution < 1.29 is 9.66 Å². The standard InChI is InChI=1S/C11H9Cl2N3O3/c1-15-8(5-14-11(15)16(17)18)6-19-10-3-2-7(12)4-9(10)13/h2-5H,6H2,1H3. The van der Waals surface area contributed by atoms with Crippen molar-refractivity contribution in [2.45, 2.75) is 6.61 Å². The van der Waals surface area contributed by atoms with Gasteiger partial charge in [0.15, 0.2) is 5.69 Å². The molecule has 100 valence electrons. The molecule has 0 aliphatic rings. The first kappa shape index (κ1) is 13.6. The van der Waals surface area contributed by atoms with Crippen LogP contribution in [0.15, 0.2) is 24.4 Å². The van der Waals surface area contributed by atoms with Crippen LogP contribution in [-0.2, 0) is 13.7 Å². The van der Waals surface area contributed by atoms with Gasteiger partial charge in [-0.25, -0.2) is 4.57 Å². The number of benzene rings is 1. The molecule has 0 fully saturated rings. The number of hydrogen-bond donors (Lipinski definition) is 0. The quantitative estimate of drug-likeness (QED) is 0.642. The molecule has 1 heterocycles. The highest BCUT2D eigenvalue weighted by Crippen LogP contribution is 2.28. The number of imidazole rings is 1. The molecule has 1 aromatic carbocycles. The average molecular weight is 302 g/mol. The Balaban J connectivity index is 2.12. The predicted molar refractivity (Wildman–Crippen MR) is 70.7 cm³/mol. The molecule has 0 saturated heterocycles. The van der Waals surface area contributed by atoms with Crippen molar-refractivity contribution in [2.75, 3.05) is 0 Å². The first-order chi connectivity index (χ1) is 8.99. The smallest absolute Gasteiger partial charge is 0.434 e. The van der Waals surface area contributed by atoms with Crippen molar-refractivity contribution in [3.05, 3.63) is 50.2 Å². The number of nitro groups is 1. The normalized spacial score (nSPS) is 10.5. The fraction of sp³-hybridized carbons (Fsp3) is 0.182. The van der Waals surface area contributed by atoms with E-state index in [9.17, 15) is 10.1 Å². The molecule has 0 atom stereocenters. The summed E-state index contributed by atoms with van der Waals surface area (Å²) in [6, 6.07) is 4.84. The molecule has 0 aliphatic carbocycles. The van der Waals surface area contributed by atoms with Gasteiger partial charge in [-0.3, -0.25) is 0 Å². The van der Waals surface area contributed by atoms with E-state index in [1.807, 2.05) is 0 Å². The van der Waals surface area contributed by atoms with E-state index in [1.165, 1.54) is 10.8 Å². The van der Waals surface area contributed by atoms with E-state index < -0.39 is 4.92 Å². The van der Waals surface area contributed by atoms with Crippen molar-refractivity contribution in [3.63, 3.8) is 0 Å². The Bertz CT molecular complexity index is 628. The molecule has 8 heteroatoms. The van der Waals surface area contributed by atoms with Crippen molar-refractivity contribution in [1.82, 2.24) is 9.55 Å². The van der Waals surface area contributed by atoms with Crippen LogP contribution in [0.5, 0.6) is 5.75 Å². The van der Waals surface area contributed by atoms with E-state index in [4.69, 9.17) is 27.9 Å². The summed E-state index contributed by atoms with van der Waals surface area (Å²) >= 11 is 11.7. The molecular formula is C11H9Cl2N3O3. The summed E-state index contributed by atoms with van der Waals surface area (Å²) < 4.78 is 6.83. The van der Waals surface area contributed by atoms with Gasteiger partial charge in [-0.05, 0) is 23.1 Å². The zero-order valence-electron chi connectivity index (χ0n) is 9.84. The van der Waals surface area contributed by atoms with Crippen LogP contribution in [0.4, 0.5) is 5.95 Å². The molecule has 0 radical (unpaired) electrons. The fourth-order valence-corrected chi connectivity index (χ4v) is 1.94. The first-order valence-corrected chi connectivity index (χ1v) is 5.97. The van der Waals surface area contributed by atoms with E-state index in [0.29, 0.717) is 21.5 Å². The fourth-order valence-electron chi connectivity index (χ4n) is 1.48. The topological polar surface area (TPSA) is 70.2 Å².